The second-order valence-corrected chi connectivity index (χ2v) is 5.12. The highest BCUT2D eigenvalue weighted by molar-refractivity contribution is 5.95. The van der Waals surface area contributed by atoms with Gasteiger partial charge < -0.3 is 16.2 Å². The molecule has 2 atom stereocenters. The molecule has 6 heteroatoms. The molecule has 1 unspecified atom stereocenters. The SMILES string of the molecule is NC(=O)C(O)[C@H](Cc1ccccc1)NC(=O)c1ccc(F)cc1. The molecule has 0 saturated carbocycles. The molecule has 23 heavy (non-hydrogen) atoms. The minimum Gasteiger partial charge on any atom is -0.381 e. The van der Waals surface area contributed by atoms with E-state index in [4.69, 9.17) is 5.73 Å². The number of primary amides is 1. The number of rotatable bonds is 6. The Bertz CT molecular complexity index is 674. The summed E-state index contributed by atoms with van der Waals surface area (Å²) in [5.41, 5.74) is 6.19. The Labute approximate surface area is 132 Å². The predicted octanol–water partition coefficient (Wildman–Crippen LogP) is 1.01. The molecule has 5 nitrogen and oxygen atoms in total. The van der Waals surface area contributed by atoms with Crippen molar-refractivity contribution in [3.63, 3.8) is 0 Å². The summed E-state index contributed by atoms with van der Waals surface area (Å²) in [6, 6.07) is 13.2. The van der Waals surface area contributed by atoms with Crippen LogP contribution < -0.4 is 11.1 Å². The van der Waals surface area contributed by atoms with Gasteiger partial charge in [-0.25, -0.2) is 4.39 Å². The van der Waals surface area contributed by atoms with E-state index in [-0.39, 0.29) is 12.0 Å². The molecule has 0 bridgehead atoms. The highest BCUT2D eigenvalue weighted by atomic mass is 19.1. The summed E-state index contributed by atoms with van der Waals surface area (Å²) in [4.78, 5) is 23.5. The van der Waals surface area contributed by atoms with Gasteiger partial charge in [0.25, 0.3) is 5.91 Å². The van der Waals surface area contributed by atoms with Crippen LogP contribution in [-0.2, 0) is 11.2 Å². The first-order valence-corrected chi connectivity index (χ1v) is 7.05. The zero-order valence-electron chi connectivity index (χ0n) is 12.3. The molecular weight excluding hydrogens is 299 g/mol. The number of nitrogens with one attached hydrogen (secondary N) is 1. The number of aliphatic hydroxyl groups is 1. The van der Waals surface area contributed by atoms with Gasteiger partial charge in [-0.05, 0) is 36.2 Å². The van der Waals surface area contributed by atoms with Gasteiger partial charge in [0, 0.05) is 5.56 Å². The number of hydrogen-bond acceptors (Lipinski definition) is 3. The van der Waals surface area contributed by atoms with Crippen LogP contribution in [0.4, 0.5) is 4.39 Å². The monoisotopic (exact) mass is 316 g/mol. The number of amides is 2. The molecule has 0 radical (unpaired) electrons. The Kier molecular flexibility index (Phi) is 5.43. The third-order valence-electron chi connectivity index (χ3n) is 3.39. The normalized spacial score (nSPS) is 13.1. The lowest BCUT2D eigenvalue weighted by molar-refractivity contribution is -0.127. The topological polar surface area (TPSA) is 92.4 Å². The van der Waals surface area contributed by atoms with E-state index in [0.717, 1.165) is 17.7 Å². The van der Waals surface area contributed by atoms with Crippen LogP contribution in [0.3, 0.4) is 0 Å². The van der Waals surface area contributed by atoms with Crippen LogP contribution in [0.2, 0.25) is 0 Å². The van der Waals surface area contributed by atoms with E-state index in [9.17, 15) is 19.1 Å². The van der Waals surface area contributed by atoms with Crippen molar-refractivity contribution < 1.29 is 19.1 Å². The van der Waals surface area contributed by atoms with Crippen LogP contribution in [0.15, 0.2) is 54.6 Å². The van der Waals surface area contributed by atoms with Crippen molar-refractivity contribution >= 4 is 11.8 Å². The summed E-state index contributed by atoms with van der Waals surface area (Å²) in [5, 5.41) is 12.5. The molecule has 120 valence electrons. The summed E-state index contributed by atoms with van der Waals surface area (Å²) in [5.74, 6) is -1.91. The Morgan fingerprint density at radius 3 is 2.26 bits per heavy atom. The van der Waals surface area contributed by atoms with Crippen molar-refractivity contribution in [3.8, 4) is 0 Å². The van der Waals surface area contributed by atoms with Gasteiger partial charge >= 0.3 is 0 Å². The second kappa shape index (κ2) is 7.51. The Morgan fingerprint density at radius 1 is 1.09 bits per heavy atom. The molecule has 0 aliphatic rings. The van der Waals surface area contributed by atoms with Crippen LogP contribution in [0, 0.1) is 5.82 Å². The highest BCUT2D eigenvalue weighted by Gasteiger charge is 2.26. The van der Waals surface area contributed by atoms with Crippen LogP contribution in [0.25, 0.3) is 0 Å². The fourth-order valence-electron chi connectivity index (χ4n) is 2.16. The van der Waals surface area contributed by atoms with Gasteiger partial charge in [-0.15, -0.1) is 0 Å². The van der Waals surface area contributed by atoms with E-state index in [0.29, 0.717) is 0 Å². The average Bonchev–Trinajstić information content (AvgIpc) is 2.55. The van der Waals surface area contributed by atoms with Gasteiger partial charge in [0.05, 0.1) is 6.04 Å². The van der Waals surface area contributed by atoms with Crippen molar-refractivity contribution in [2.24, 2.45) is 5.73 Å². The van der Waals surface area contributed by atoms with E-state index in [1.54, 1.807) is 0 Å². The number of aliphatic hydroxyl groups excluding tert-OH is 1. The molecule has 2 aromatic rings. The lowest BCUT2D eigenvalue weighted by Crippen LogP contribution is -2.50. The summed E-state index contributed by atoms with van der Waals surface area (Å²) in [7, 11) is 0. The predicted molar refractivity (Wildman–Crippen MR) is 83.0 cm³/mol. The Hall–Kier alpha value is -2.73. The number of nitrogens with two attached hydrogens (primary N) is 1. The van der Waals surface area contributed by atoms with Gasteiger partial charge in [0.15, 0.2) is 6.10 Å². The zero-order chi connectivity index (χ0) is 16.8. The van der Waals surface area contributed by atoms with Gasteiger partial charge in [-0.2, -0.15) is 0 Å². The molecule has 0 saturated heterocycles. The molecule has 2 amide bonds. The average molecular weight is 316 g/mol. The number of halogens is 1. The standard InChI is InChI=1S/C17H17FN2O3/c18-13-8-6-12(7-9-13)17(23)20-14(15(21)16(19)22)10-11-4-2-1-3-5-11/h1-9,14-15,21H,10H2,(H2,19,22)(H,20,23)/t14-,15?/m0/s1. The minimum absolute atomic E-state index is 0.223. The van der Waals surface area contributed by atoms with E-state index in [2.05, 4.69) is 5.32 Å². The summed E-state index contributed by atoms with van der Waals surface area (Å²) >= 11 is 0. The number of benzene rings is 2. The quantitative estimate of drug-likeness (QED) is 0.743. The van der Waals surface area contributed by atoms with E-state index in [1.807, 2.05) is 30.3 Å². The van der Waals surface area contributed by atoms with E-state index < -0.39 is 29.8 Å². The first-order valence-electron chi connectivity index (χ1n) is 7.05. The van der Waals surface area contributed by atoms with Crippen molar-refractivity contribution in [1.29, 1.82) is 0 Å². The van der Waals surface area contributed by atoms with Crippen molar-refractivity contribution in [2.45, 2.75) is 18.6 Å². The molecule has 0 aliphatic carbocycles. The van der Waals surface area contributed by atoms with Gasteiger partial charge in [-0.1, -0.05) is 30.3 Å². The van der Waals surface area contributed by atoms with Gasteiger partial charge in [0.1, 0.15) is 5.82 Å². The van der Waals surface area contributed by atoms with E-state index in [1.165, 1.54) is 12.1 Å². The summed E-state index contributed by atoms with van der Waals surface area (Å²) < 4.78 is 12.9. The third-order valence-corrected chi connectivity index (χ3v) is 3.39. The fraction of sp³-hybridized carbons (Fsp3) is 0.176. The van der Waals surface area contributed by atoms with E-state index >= 15 is 0 Å². The number of carbonyl (C=O) groups is 2. The summed E-state index contributed by atoms with van der Waals surface area (Å²) in [6.07, 6.45) is -1.29. The minimum atomic E-state index is -1.53. The largest absolute Gasteiger partial charge is 0.381 e. The van der Waals surface area contributed by atoms with Crippen molar-refractivity contribution in [3.05, 3.63) is 71.5 Å². The molecule has 2 rings (SSSR count). The molecule has 0 aliphatic heterocycles. The third kappa shape index (κ3) is 4.62. The van der Waals surface area contributed by atoms with Crippen molar-refractivity contribution in [2.75, 3.05) is 0 Å². The number of hydrogen-bond donors (Lipinski definition) is 3. The maximum Gasteiger partial charge on any atom is 0.251 e. The molecule has 0 spiro atoms. The molecule has 0 heterocycles. The number of carbonyl (C=O) groups excluding carboxylic acids is 2. The first kappa shape index (κ1) is 16.6. The maximum atomic E-state index is 12.9. The van der Waals surface area contributed by atoms with Crippen LogP contribution >= 0.6 is 0 Å². The molecule has 2 aromatic carbocycles. The summed E-state index contributed by atoms with van der Waals surface area (Å²) in [6.45, 7) is 0. The zero-order valence-corrected chi connectivity index (χ0v) is 12.3. The van der Waals surface area contributed by atoms with Crippen LogP contribution in [0.1, 0.15) is 15.9 Å². The lowest BCUT2D eigenvalue weighted by atomic mass is 10.00. The van der Waals surface area contributed by atoms with Gasteiger partial charge in [-0.3, -0.25) is 9.59 Å². The molecule has 4 N–H and O–H groups in total. The van der Waals surface area contributed by atoms with Crippen molar-refractivity contribution in [1.82, 2.24) is 5.32 Å². The lowest BCUT2D eigenvalue weighted by Gasteiger charge is -2.22. The van der Waals surface area contributed by atoms with Crippen LogP contribution in [0.5, 0.6) is 0 Å². The maximum absolute atomic E-state index is 12.9. The Morgan fingerprint density at radius 2 is 1.70 bits per heavy atom. The smallest absolute Gasteiger partial charge is 0.251 e. The Balaban J connectivity index is 2.15. The van der Waals surface area contributed by atoms with Crippen LogP contribution in [-0.4, -0.2) is 29.1 Å². The first-order chi connectivity index (χ1) is 11.0. The molecule has 0 aromatic heterocycles. The van der Waals surface area contributed by atoms with Gasteiger partial charge in [0.2, 0.25) is 5.91 Å². The fourth-order valence-corrected chi connectivity index (χ4v) is 2.16. The molecule has 0 fully saturated rings. The second-order valence-electron chi connectivity index (χ2n) is 5.12. The molecular formula is C17H17FN2O3. The highest BCUT2D eigenvalue weighted by Crippen LogP contribution is 2.09.